The van der Waals surface area contributed by atoms with Crippen molar-refractivity contribution >= 4 is 24.1 Å². The summed E-state index contributed by atoms with van der Waals surface area (Å²) in [6.45, 7) is 3.82. The third kappa shape index (κ3) is 7.04. The van der Waals surface area contributed by atoms with Crippen LogP contribution in [0.4, 0.5) is 0 Å². The lowest BCUT2D eigenvalue weighted by atomic mass is 9.92. The van der Waals surface area contributed by atoms with Gasteiger partial charge in [-0.05, 0) is 18.9 Å². The van der Waals surface area contributed by atoms with E-state index in [1.54, 1.807) is 12.2 Å². The van der Waals surface area contributed by atoms with Crippen LogP contribution in [0.3, 0.4) is 0 Å². The number of aldehydes is 1. The van der Waals surface area contributed by atoms with Crippen molar-refractivity contribution in [1.82, 2.24) is 25.8 Å². The van der Waals surface area contributed by atoms with E-state index in [0.717, 1.165) is 30.4 Å². The molecular weight excluding hydrogens is 404 g/mol. The van der Waals surface area contributed by atoms with Crippen molar-refractivity contribution in [2.75, 3.05) is 6.61 Å². The second kappa shape index (κ2) is 12.2. The maximum atomic E-state index is 12.6. The van der Waals surface area contributed by atoms with Crippen LogP contribution in [0, 0.1) is 0 Å². The van der Waals surface area contributed by atoms with Crippen LogP contribution in [0.1, 0.15) is 46.7 Å². The number of hydrazine groups is 1. The Morgan fingerprint density at radius 3 is 2.84 bits per heavy atom. The van der Waals surface area contributed by atoms with Crippen LogP contribution in [0.2, 0.25) is 0 Å². The topological polar surface area (TPSA) is 179 Å². The van der Waals surface area contributed by atoms with Crippen molar-refractivity contribution in [2.24, 2.45) is 16.8 Å². The Balaban J connectivity index is 2.01. The maximum Gasteiger partial charge on any atom is 0.278 e. The molecule has 2 amide bonds. The van der Waals surface area contributed by atoms with E-state index in [1.165, 1.54) is 6.07 Å². The molecule has 168 valence electrons. The van der Waals surface area contributed by atoms with E-state index in [0.29, 0.717) is 12.9 Å². The molecule has 1 fully saturated rings. The molecule has 2 atom stereocenters. The molecule has 0 aromatic carbocycles. The van der Waals surface area contributed by atoms with Crippen LogP contribution in [0.5, 0.6) is 0 Å². The van der Waals surface area contributed by atoms with E-state index in [4.69, 9.17) is 16.4 Å². The first-order valence-electron chi connectivity index (χ1n) is 9.79. The fourth-order valence-electron chi connectivity index (χ4n) is 3.22. The first kappa shape index (κ1) is 23.8. The Morgan fingerprint density at radius 2 is 2.16 bits per heavy atom. The summed E-state index contributed by atoms with van der Waals surface area (Å²) < 4.78 is 7.02. The number of hydrogen-bond donors (Lipinski definition) is 5. The van der Waals surface area contributed by atoms with Gasteiger partial charge in [-0.3, -0.25) is 29.8 Å². The van der Waals surface area contributed by atoms with Crippen molar-refractivity contribution in [3.8, 4) is 0 Å². The summed E-state index contributed by atoms with van der Waals surface area (Å²) in [5, 5.41) is 12.5. The molecule has 1 aromatic heterocycles. The van der Waals surface area contributed by atoms with Crippen LogP contribution >= 0.6 is 0 Å². The normalized spacial score (nSPS) is 19.1. The van der Waals surface area contributed by atoms with Gasteiger partial charge in [0.05, 0.1) is 18.8 Å². The van der Waals surface area contributed by atoms with Crippen molar-refractivity contribution in [1.29, 1.82) is 0 Å². The lowest BCUT2D eigenvalue weighted by molar-refractivity contribution is -0.124. The van der Waals surface area contributed by atoms with Gasteiger partial charge >= 0.3 is 0 Å². The summed E-state index contributed by atoms with van der Waals surface area (Å²) in [6.07, 6.45) is 9.39. The minimum atomic E-state index is -0.697. The number of rotatable bonds is 9. The second-order valence-electron chi connectivity index (χ2n) is 6.80. The van der Waals surface area contributed by atoms with Gasteiger partial charge in [-0.2, -0.15) is 5.10 Å². The zero-order valence-corrected chi connectivity index (χ0v) is 17.1. The molecule has 0 bridgehead atoms. The predicted molar refractivity (Wildman–Crippen MR) is 114 cm³/mol. The van der Waals surface area contributed by atoms with Crippen molar-refractivity contribution in [2.45, 2.75) is 44.4 Å². The van der Waals surface area contributed by atoms with Gasteiger partial charge in [0.1, 0.15) is 12.2 Å². The van der Waals surface area contributed by atoms with E-state index < -0.39 is 5.91 Å². The molecule has 1 heterocycles. The number of amides is 2. The van der Waals surface area contributed by atoms with Gasteiger partial charge in [0.2, 0.25) is 11.9 Å². The first-order chi connectivity index (χ1) is 15.0. The summed E-state index contributed by atoms with van der Waals surface area (Å²) in [5.74, 6) is 8.99. The van der Waals surface area contributed by atoms with Gasteiger partial charge in [-0.15, -0.1) is 5.10 Å². The summed E-state index contributed by atoms with van der Waals surface area (Å²) in [4.78, 5) is 36.1. The van der Waals surface area contributed by atoms with Crippen LogP contribution in [0.15, 0.2) is 36.0 Å². The molecular formula is C19H28N8O4. The summed E-state index contributed by atoms with van der Waals surface area (Å²) >= 11 is 0. The van der Waals surface area contributed by atoms with E-state index in [9.17, 15) is 14.4 Å². The highest BCUT2D eigenvalue weighted by Gasteiger charge is 2.27. The Bertz CT molecular complexity index is 848. The fraction of sp³-hybridized carbons (Fsp3) is 0.421. The average Bonchev–Trinajstić information content (AvgIpc) is 3.18. The molecule has 1 aliphatic rings. The Hall–Kier alpha value is -3.51. The lowest BCUT2D eigenvalue weighted by Crippen LogP contribution is -2.47. The van der Waals surface area contributed by atoms with Gasteiger partial charge in [-0.1, -0.05) is 37.6 Å². The largest absolute Gasteiger partial charge is 0.372 e. The molecule has 12 heteroatoms. The molecule has 12 nitrogen and oxygen atoms in total. The molecule has 1 aromatic rings. The Morgan fingerprint density at radius 1 is 1.39 bits per heavy atom. The lowest BCUT2D eigenvalue weighted by Gasteiger charge is -2.31. The fourth-order valence-corrected chi connectivity index (χ4v) is 3.22. The van der Waals surface area contributed by atoms with Crippen LogP contribution in [-0.2, 0) is 16.1 Å². The summed E-state index contributed by atoms with van der Waals surface area (Å²) in [6, 6.07) is 1.11. The number of allylic oxidation sites excluding steroid dienone is 2. The van der Waals surface area contributed by atoms with Gasteiger partial charge in [0.15, 0.2) is 12.0 Å². The average molecular weight is 432 g/mol. The number of hydrogen-bond acceptors (Lipinski definition) is 8. The molecule has 7 N–H and O–H groups in total. The molecule has 1 aliphatic carbocycles. The Labute approximate surface area is 179 Å². The van der Waals surface area contributed by atoms with Gasteiger partial charge in [0, 0.05) is 0 Å². The summed E-state index contributed by atoms with van der Waals surface area (Å²) in [7, 11) is 0. The minimum absolute atomic E-state index is 0.0678. The third-order valence-electron chi connectivity index (χ3n) is 4.68. The van der Waals surface area contributed by atoms with Crippen LogP contribution < -0.4 is 27.7 Å². The standard InChI is InChI=1S/C19H28N8O4/c1-2-3-6-9-31-16-8-5-4-7-14(16)22-17(29)11-27-13(12-28)10-15(26-27)18(30)23-19(24-20)25-21/h2-3,6,10,12,14,16H,1,4-5,7-9,11,20-21H2,(H,22,29)(H2,23,24,25,30)/b6-3+/t14-,16-/m0/s1. The highest BCUT2D eigenvalue weighted by molar-refractivity contribution is 6.05. The number of carbonyl (C=O) groups is 3. The smallest absolute Gasteiger partial charge is 0.278 e. The van der Waals surface area contributed by atoms with Crippen molar-refractivity contribution in [3.63, 3.8) is 0 Å². The SMILES string of the molecule is C=C/C=C/CO[C@H]1CCCC[C@@H]1NC(=O)Cn1nc(C(=O)N/C(=N/N)NN)cc1C=O. The van der Waals surface area contributed by atoms with Crippen LogP contribution in [-0.4, -0.2) is 52.6 Å². The van der Waals surface area contributed by atoms with E-state index in [-0.39, 0.29) is 41.9 Å². The molecule has 0 radical (unpaired) electrons. The molecule has 0 aliphatic heterocycles. The molecule has 2 rings (SSSR count). The quantitative estimate of drug-likeness (QED) is 0.0849. The van der Waals surface area contributed by atoms with Gasteiger partial charge < -0.3 is 15.9 Å². The van der Waals surface area contributed by atoms with Gasteiger partial charge in [0.25, 0.3) is 5.91 Å². The molecule has 0 spiro atoms. The second-order valence-corrected chi connectivity index (χ2v) is 6.80. The molecule has 31 heavy (non-hydrogen) atoms. The van der Waals surface area contributed by atoms with Crippen LogP contribution in [0.25, 0.3) is 0 Å². The van der Waals surface area contributed by atoms with Gasteiger partial charge in [-0.25, -0.2) is 5.84 Å². The van der Waals surface area contributed by atoms with E-state index in [2.05, 4.69) is 32.8 Å². The number of nitrogens with two attached hydrogens (primary N) is 2. The maximum absolute atomic E-state index is 12.6. The number of carbonyl (C=O) groups excluding carboxylic acids is 3. The van der Waals surface area contributed by atoms with E-state index in [1.807, 2.05) is 6.08 Å². The number of ether oxygens (including phenoxy) is 1. The number of aromatic nitrogens is 2. The number of nitrogens with zero attached hydrogens (tertiary/aromatic N) is 3. The highest BCUT2D eigenvalue weighted by atomic mass is 16.5. The zero-order chi connectivity index (χ0) is 22.6. The van der Waals surface area contributed by atoms with Crippen molar-refractivity contribution < 1.29 is 19.1 Å². The monoisotopic (exact) mass is 432 g/mol. The zero-order valence-electron chi connectivity index (χ0n) is 17.1. The number of nitrogens with one attached hydrogen (secondary N) is 3. The van der Waals surface area contributed by atoms with Crippen molar-refractivity contribution in [3.05, 3.63) is 42.3 Å². The van der Waals surface area contributed by atoms with E-state index >= 15 is 0 Å². The Kier molecular flexibility index (Phi) is 9.39. The molecule has 0 saturated heterocycles. The number of hydrazone groups is 1. The predicted octanol–water partition coefficient (Wildman–Crippen LogP) is -0.695. The highest BCUT2D eigenvalue weighted by Crippen LogP contribution is 2.21. The third-order valence-corrected chi connectivity index (χ3v) is 4.68. The first-order valence-corrected chi connectivity index (χ1v) is 9.79. The number of guanidine groups is 1. The molecule has 1 saturated carbocycles. The molecule has 0 unspecified atom stereocenters. The minimum Gasteiger partial charge on any atom is -0.372 e. The summed E-state index contributed by atoms with van der Waals surface area (Å²) in [5.41, 5.74) is 2.06.